The van der Waals surface area contributed by atoms with Crippen LogP contribution in [0.2, 0.25) is 0 Å². The van der Waals surface area contributed by atoms with Gasteiger partial charge in [0.05, 0.1) is 18.1 Å². The molecule has 10 nitrogen and oxygen atoms in total. The van der Waals surface area contributed by atoms with E-state index in [0.29, 0.717) is 6.54 Å². The summed E-state index contributed by atoms with van der Waals surface area (Å²) in [5.74, 6) is -1.92. The van der Waals surface area contributed by atoms with Gasteiger partial charge in [0.15, 0.2) is 0 Å². The first kappa shape index (κ1) is 29.6. The molecule has 0 spiro atoms. The van der Waals surface area contributed by atoms with Crippen LogP contribution in [0.4, 0.5) is 20.6 Å². The van der Waals surface area contributed by atoms with Gasteiger partial charge in [0.25, 0.3) is 11.8 Å². The largest absolute Gasteiger partial charge is 0.444 e. The number of amides is 3. The molecule has 41 heavy (non-hydrogen) atoms. The zero-order chi connectivity index (χ0) is 29.4. The van der Waals surface area contributed by atoms with Gasteiger partial charge in [-0.3, -0.25) is 19.8 Å². The Hall–Kier alpha value is -4.38. The lowest BCUT2D eigenvalue weighted by Gasteiger charge is -2.24. The molecule has 0 radical (unpaired) electrons. The molecule has 3 aromatic rings. The second-order valence-electron chi connectivity index (χ2n) is 10.8. The molecule has 216 valence electrons. The third kappa shape index (κ3) is 8.55. The summed E-state index contributed by atoms with van der Waals surface area (Å²) in [5.41, 5.74) is 0.224. The number of nitrogens with one attached hydrogen (secondary N) is 3. The maximum Gasteiger partial charge on any atom is 0.412 e. The monoisotopic (exact) mass is 562 g/mol. The fourth-order valence-electron chi connectivity index (χ4n) is 4.55. The molecule has 2 heterocycles. The number of hydrogen-bond acceptors (Lipinski definition) is 7. The zero-order valence-electron chi connectivity index (χ0n) is 23.4. The molecule has 1 unspecified atom stereocenters. The SMILES string of the molecule is CC(C)(C)OC(=O)Nc1cccc(F)c1NC(=O)c1cnc(C(=O)NCC2CCCN2CCc2ccccc2)cn1. The quantitative estimate of drug-likeness (QED) is 0.347. The number of nitrogens with zero attached hydrogens (tertiary/aromatic N) is 3. The number of ether oxygens (including phenoxy) is 1. The Balaban J connectivity index is 1.31. The van der Waals surface area contributed by atoms with E-state index in [1.807, 2.05) is 18.2 Å². The molecular formula is C30H35FN6O4. The Kier molecular flexibility index (Phi) is 9.61. The van der Waals surface area contributed by atoms with Gasteiger partial charge in [0.1, 0.15) is 28.5 Å². The molecular weight excluding hydrogens is 527 g/mol. The summed E-state index contributed by atoms with van der Waals surface area (Å²) < 4.78 is 19.8. The number of anilines is 2. The molecule has 0 saturated carbocycles. The molecule has 1 aromatic heterocycles. The van der Waals surface area contributed by atoms with Crippen LogP contribution in [0.15, 0.2) is 60.9 Å². The van der Waals surface area contributed by atoms with Crippen LogP contribution in [0.3, 0.4) is 0 Å². The highest BCUT2D eigenvalue weighted by Crippen LogP contribution is 2.26. The van der Waals surface area contributed by atoms with Crippen LogP contribution in [0.1, 0.15) is 60.2 Å². The molecule has 0 bridgehead atoms. The normalized spacial score (nSPS) is 15.3. The standard InChI is InChI=1S/C30H35FN6O4/c1-30(2,3)41-29(40)35-23-13-7-12-22(31)26(23)36-28(39)25-19-32-24(18-33-25)27(38)34-17-21-11-8-15-37(21)16-14-20-9-5-4-6-10-20/h4-7,9-10,12-13,18-19,21H,8,11,14-17H2,1-3H3,(H,34,38)(H,35,40)(H,36,39). The Morgan fingerprint density at radius 2 is 1.68 bits per heavy atom. The van der Waals surface area contributed by atoms with Gasteiger partial charge in [-0.05, 0) is 64.3 Å². The van der Waals surface area contributed by atoms with Crippen LogP contribution >= 0.6 is 0 Å². The van der Waals surface area contributed by atoms with Crippen molar-refractivity contribution in [2.45, 2.75) is 51.7 Å². The van der Waals surface area contributed by atoms with Crippen molar-refractivity contribution in [3.05, 3.63) is 83.7 Å². The summed E-state index contributed by atoms with van der Waals surface area (Å²) in [5, 5.41) is 7.77. The van der Waals surface area contributed by atoms with Crippen molar-refractivity contribution in [3.8, 4) is 0 Å². The second-order valence-corrected chi connectivity index (χ2v) is 10.8. The van der Waals surface area contributed by atoms with Crippen LogP contribution in [-0.4, -0.2) is 64.1 Å². The lowest BCUT2D eigenvalue weighted by Crippen LogP contribution is -2.41. The molecule has 3 amide bonds. The van der Waals surface area contributed by atoms with E-state index in [1.165, 1.54) is 23.9 Å². The molecule has 1 saturated heterocycles. The van der Waals surface area contributed by atoms with E-state index in [4.69, 9.17) is 4.74 Å². The van der Waals surface area contributed by atoms with Gasteiger partial charge in [0.2, 0.25) is 0 Å². The highest BCUT2D eigenvalue weighted by Gasteiger charge is 2.25. The van der Waals surface area contributed by atoms with E-state index in [-0.39, 0.29) is 28.8 Å². The number of carbonyl (C=O) groups excluding carboxylic acids is 3. The summed E-state index contributed by atoms with van der Waals surface area (Å²) in [4.78, 5) is 48.2. The van der Waals surface area contributed by atoms with Crippen LogP contribution in [0.25, 0.3) is 0 Å². The predicted octanol–water partition coefficient (Wildman–Crippen LogP) is 4.65. The molecule has 4 rings (SSSR count). The zero-order valence-corrected chi connectivity index (χ0v) is 23.4. The third-order valence-electron chi connectivity index (χ3n) is 6.53. The Morgan fingerprint density at radius 1 is 0.976 bits per heavy atom. The molecule has 1 aliphatic rings. The Bertz CT molecular complexity index is 1360. The van der Waals surface area contributed by atoms with E-state index >= 15 is 0 Å². The summed E-state index contributed by atoms with van der Waals surface area (Å²) >= 11 is 0. The number of aromatic nitrogens is 2. The first-order chi connectivity index (χ1) is 19.6. The predicted molar refractivity (Wildman–Crippen MR) is 153 cm³/mol. The number of rotatable bonds is 9. The summed E-state index contributed by atoms with van der Waals surface area (Å²) in [6.07, 6.45) is 4.58. The first-order valence-electron chi connectivity index (χ1n) is 13.6. The maximum atomic E-state index is 14.6. The van der Waals surface area contributed by atoms with Crippen molar-refractivity contribution in [1.82, 2.24) is 20.2 Å². The Morgan fingerprint density at radius 3 is 2.37 bits per heavy atom. The number of hydrogen-bond donors (Lipinski definition) is 3. The van der Waals surface area contributed by atoms with Gasteiger partial charge in [-0.15, -0.1) is 0 Å². The number of carbonyl (C=O) groups is 3. The lowest BCUT2D eigenvalue weighted by atomic mass is 10.1. The van der Waals surface area contributed by atoms with Gasteiger partial charge in [0, 0.05) is 19.1 Å². The third-order valence-corrected chi connectivity index (χ3v) is 6.53. The van der Waals surface area contributed by atoms with Gasteiger partial charge >= 0.3 is 6.09 Å². The van der Waals surface area contributed by atoms with Crippen LogP contribution in [0.5, 0.6) is 0 Å². The van der Waals surface area contributed by atoms with E-state index in [0.717, 1.165) is 44.6 Å². The highest BCUT2D eigenvalue weighted by atomic mass is 19.1. The van der Waals surface area contributed by atoms with Gasteiger partial charge in [-0.1, -0.05) is 36.4 Å². The summed E-state index contributed by atoms with van der Waals surface area (Å²) in [6, 6.07) is 14.5. The topological polar surface area (TPSA) is 126 Å². The number of halogens is 1. The average molecular weight is 563 g/mol. The number of para-hydroxylation sites is 1. The molecule has 1 fully saturated rings. The molecule has 3 N–H and O–H groups in total. The van der Waals surface area contributed by atoms with Gasteiger partial charge < -0.3 is 15.4 Å². The summed E-state index contributed by atoms with van der Waals surface area (Å²) in [7, 11) is 0. The molecule has 1 aliphatic heterocycles. The highest BCUT2D eigenvalue weighted by molar-refractivity contribution is 6.06. The van der Waals surface area contributed by atoms with Gasteiger partial charge in [-0.25, -0.2) is 19.2 Å². The molecule has 0 aliphatic carbocycles. The maximum absolute atomic E-state index is 14.6. The molecule has 1 atom stereocenters. The fraction of sp³-hybridized carbons (Fsp3) is 0.367. The van der Waals surface area contributed by atoms with Crippen molar-refractivity contribution < 1.29 is 23.5 Å². The Labute approximate surface area is 238 Å². The smallest absolute Gasteiger partial charge is 0.412 e. The van der Waals surface area contributed by atoms with Crippen molar-refractivity contribution >= 4 is 29.3 Å². The summed E-state index contributed by atoms with van der Waals surface area (Å²) in [6.45, 7) is 7.48. The number of benzene rings is 2. The van der Waals surface area contributed by atoms with Crippen molar-refractivity contribution in [1.29, 1.82) is 0 Å². The first-order valence-corrected chi connectivity index (χ1v) is 13.6. The second kappa shape index (κ2) is 13.3. The van der Waals surface area contributed by atoms with Crippen LogP contribution < -0.4 is 16.0 Å². The van der Waals surface area contributed by atoms with Crippen LogP contribution in [0, 0.1) is 5.82 Å². The van der Waals surface area contributed by atoms with E-state index in [1.54, 1.807) is 20.8 Å². The minimum atomic E-state index is -0.800. The number of likely N-dealkylation sites (tertiary alicyclic amines) is 1. The van der Waals surface area contributed by atoms with E-state index in [9.17, 15) is 18.8 Å². The van der Waals surface area contributed by atoms with Crippen molar-refractivity contribution in [3.63, 3.8) is 0 Å². The molecule has 2 aromatic carbocycles. The van der Waals surface area contributed by atoms with E-state index < -0.39 is 29.3 Å². The molecule has 11 heteroatoms. The van der Waals surface area contributed by atoms with E-state index in [2.05, 4.69) is 43.0 Å². The van der Waals surface area contributed by atoms with Crippen molar-refractivity contribution in [2.75, 3.05) is 30.3 Å². The lowest BCUT2D eigenvalue weighted by molar-refractivity contribution is 0.0635. The van der Waals surface area contributed by atoms with Crippen LogP contribution in [-0.2, 0) is 11.2 Å². The van der Waals surface area contributed by atoms with Gasteiger partial charge in [-0.2, -0.15) is 0 Å². The average Bonchev–Trinajstić information content (AvgIpc) is 3.39. The fourth-order valence-corrected chi connectivity index (χ4v) is 4.55. The van der Waals surface area contributed by atoms with Crippen molar-refractivity contribution in [2.24, 2.45) is 0 Å². The minimum absolute atomic E-state index is 0.0151. The minimum Gasteiger partial charge on any atom is -0.444 e.